The average Bonchev–Trinajstić information content (AvgIpc) is 2.75. The first-order valence-corrected chi connectivity index (χ1v) is 6.27. The number of hydrogen-bond acceptors (Lipinski definition) is 4. The maximum absolute atomic E-state index is 8.77. The molecule has 2 aromatic rings. The van der Waals surface area contributed by atoms with E-state index in [2.05, 4.69) is 23.5 Å². The van der Waals surface area contributed by atoms with Crippen LogP contribution in [0, 0.1) is 25.2 Å². The third-order valence-electron chi connectivity index (χ3n) is 3.31. The SMILES string of the molecule is Cc1noc(C)c1CNC(C)c1ccc(C#N)cc1. The quantitative estimate of drug-likeness (QED) is 0.912. The Morgan fingerprint density at radius 1 is 1.32 bits per heavy atom. The summed E-state index contributed by atoms with van der Waals surface area (Å²) in [6.07, 6.45) is 0. The van der Waals surface area contributed by atoms with Gasteiger partial charge in [0.2, 0.25) is 0 Å². The first kappa shape index (κ1) is 13.3. The fourth-order valence-electron chi connectivity index (χ4n) is 1.97. The molecule has 1 unspecified atom stereocenters. The summed E-state index contributed by atoms with van der Waals surface area (Å²) in [5, 5.41) is 16.1. The predicted molar refractivity (Wildman–Crippen MR) is 72.4 cm³/mol. The van der Waals surface area contributed by atoms with Crippen molar-refractivity contribution in [2.24, 2.45) is 0 Å². The number of hydrogen-bond donors (Lipinski definition) is 1. The Bertz CT molecular complexity index is 573. The molecule has 0 radical (unpaired) electrons. The van der Waals surface area contributed by atoms with Gasteiger partial charge in [-0.15, -0.1) is 0 Å². The second-order valence-electron chi connectivity index (χ2n) is 4.64. The lowest BCUT2D eigenvalue weighted by Gasteiger charge is -2.14. The maximum Gasteiger partial charge on any atom is 0.138 e. The summed E-state index contributed by atoms with van der Waals surface area (Å²) in [5.41, 5.74) is 3.88. The molecule has 0 spiro atoms. The Kier molecular flexibility index (Phi) is 3.98. The molecule has 0 aliphatic rings. The van der Waals surface area contributed by atoms with Gasteiger partial charge in [-0.3, -0.25) is 0 Å². The van der Waals surface area contributed by atoms with E-state index in [9.17, 15) is 0 Å². The van der Waals surface area contributed by atoms with E-state index in [1.165, 1.54) is 0 Å². The molecule has 19 heavy (non-hydrogen) atoms. The lowest BCUT2D eigenvalue weighted by molar-refractivity contribution is 0.391. The molecule has 4 heteroatoms. The molecule has 1 aromatic carbocycles. The highest BCUT2D eigenvalue weighted by atomic mass is 16.5. The second kappa shape index (κ2) is 5.68. The van der Waals surface area contributed by atoms with Crippen molar-refractivity contribution in [1.82, 2.24) is 10.5 Å². The summed E-state index contributed by atoms with van der Waals surface area (Å²) in [6.45, 7) is 6.69. The van der Waals surface area contributed by atoms with Crippen molar-refractivity contribution >= 4 is 0 Å². The zero-order valence-electron chi connectivity index (χ0n) is 11.4. The normalized spacial score (nSPS) is 12.1. The van der Waals surface area contributed by atoms with Crippen molar-refractivity contribution in [1.29, 1.82) is 5.26 Å². The lowest BCUT2D eigenvalue weighted by atomic mass is 10.1. The van der Waals surface area contributed by atoms with Crippen LogP contribution in [0.4, 0.5) is 0 Å². The number of nitrogens with zero attached hydrogens (tertiary/aromatic N) is 2. The Balaban J connectivity index is 2.01. The van der Waals surface area contributed by atoms with Crippen molar-refractivity contribution in [3.63, 3.8) is 0 Å². The average molecular weight is 255 g/mol. The van der Waals surface area contributed by atoms with Crippen LogP contribution in [0.25, 0.3) is 0 Å². The molecule has 1 aromatic heterocycles. The summed E-state index contributed by atoms with van der Waals surface area (Å²) >= 11 is 0. The van der Waals surface area contributed by atoms with Gasteiger partial charge in [0.1, 0.15) is 5.76 Å². The molecule has 0 bridgehead atoms. The molecule has 0 aliphatic heterocycles. The van der Waals surface area contributed by atoms with E-state index in [0.29, 0.717) is 5.56 Å². The molecule has 0 aliphatic carbocycles. The van der Waals surface area contributed by atoms with E-state index < -0.39 is 0 Å². The summed E-state index contributed by atoms with van der Waals surface area (Å²) in [4.78, 5) is 0. The van der Waals surface area contributed by atoms with Gasteiger partial charge in [0, 0.05) is 18.2 Å². The van der Waals surface area contributed by atoms with Gasteiger partial charge in [0.05, 0.1) is 17.3 Å². The van der Waals surface area contributed by atoms with Crippen LogP contribution in [0.2, 0.25) is 0 Å². The second-order valence-corrected chi connectivity index (χ2v) is 4.64. The van der Waals surface area contributed by atoms with Crippen molar-refractivity contribution < 1.29 is 4.52 Å². The molecule has 0 saturated heterocycles. The molecule has 98 valence electrons. The number of rotatable bonds is 4. The van der Waals surface area contributed by atoms with Crippen LogP contribution in [0.15, 0.2) is 28.8 Å². The molecule has 0 saturated carbocycles. The fraction of sp³-hybridized carbons (Fsp3) is 0.333. The van der Waals surface area contributed by atoms with E-state index in [0.717, 1.165) is 29.1 Å². The fourth-order valence-corrected chi connectivity index (χ4v) is 1.97. The highest BCUT2D eigenvalue weighted by molar-refractivity contribution is 5.32. The standard InChI is InChI=1S/C15H17N3O/c1-10(14-6-4-13(8-16)5-7-14)17-9-15-11(2)18-19-12(15)3/h4-7,10,17H,9H2,1-3H3. The van der Waals surface area contributed by atoms with Gasteiger partial charge < -0.3 is 9.84 Å². The van der Waals surface area contributed by atoms with Crippen LogP contribution in [-0.4, -0.2) is 5.16 Å². The number of nitrogens with one attached hydrogen (secondary N) is 1. The smallest absolute Gasteiger partial charge is 0.138 e. The van der Waals surface area contributed by atoms with E-state index >= 15 is 0 Å². The summed E-state index contributed by atoms with van der Waals surface area (Å²) in [5.74, 6) is 0.858. The van der Waals surface area contributed by atoms with Crippen LogP contribution in [0.1, 0.15) is 41.1 Å². The summed E-state index contributed by atoms with van der Waals surface area (Å²) in [7, 11) is 0. The predicted octanol–water partition coefficient (Wildman–Crippen LogP) is 3.01. The van der Waals surface area contributed by atoms with E-state index in [-0.39, 0.29) is 6.04 Å². The minimum atomic E-state index is 0.210. The van der Waals surface area contributed by atoms with Crippen molar-refractivity contribution in [2.75, 3.05) is 0 Å². The van der Waals surface area contributed by atoms with Crippen molar-refractivity contribution in [3.05, 3.63) is 52.4 Å². The zero-order valence-corrected chi connectivity index (χ0v) is 11.4. The van der Waals surface area contributed by atoms with Crippen molar-refractivity contribution in [2.45, 2.75) is 33.4 Å². The maximum atomic E-state index is 8.77. The van der Waals surface area contributed by atoms with Gasteiger partial charge in [-0.05, 0) is 38.5 Å². The largest absolute Gasteiger partial charge is 0.361 e. The third kappa shape index (κ3) is 3.01. The van der Waals surface area contributed by atoms with Crippen LogP contribution < -0.4 is 5.32 Å². The minimum Gasteiger partial charge on any atom is -0.361 e. The Morgan fingerprint density at radius 2 is 2.00 bits per heavy atom. The zero-order chi connectivity index (χ0) is 13.8. The third-order valence-corrected chi connectivity index (χ3v) is 3.31. The highest BCUT2D eigenvalue weighted by Crippen LogP contribution is 2.16. The van der Waals surface area contributed by atoms with E-state index in [1.54, 1.807) is 0 Å². The monoisotopic (exact) mass is 255 g/mol. The number of nitriles is 1. The number of aryl methyl sites for hydroxylation is 2. The van der Waals surface area contributed by atoms with Crippen LogP contribution in [0.5, 0.6) is 0 Å². The summed E-state index contributed by atoms with van der Waals surface area (Å²) in [6, 6.07) is 9.96. The molecule has 0 amide bonds. The van der Waals surface area contributed by atoms with Gasteiger partial charge in [-0.25, -0.2) is 0 Å². The number of benzene rings is 1. The molecule has 2 rings (SSSR count). The Hall–Kier alpha value is -2.12. The molecular formula is C15H17N3O. The molecule has 4 nitrogen and oxygen atoms in total. The highest BCUT2D eigenvalue weighted by Gasteiger charge is 2.11. The first-order chi connectivity index (χ1) is 9.11. The number of aromatic nitrogens is 1. The molecule has 1 N–H and O–H groups in total. The lowest BCUT2D eigenvalue weighted by Crippen LogP contribution is -2.18. The Morgan fingerprint density at radius 3 is 2.53 bits per heavy atom. The molecule has 0 fully saturated rings. The van der Waals surface area contributed by atoms with Crippen molar-refractivity contribution in [3.8, 4) is 6.07 Å². The first-order valence-electron chi connectivity index (χ1n) is 6.27. The molecule has 1 atom stereocenters. The molecular weight excluding hydrogens is 238 g/mol. The van der Waals surface area contributed by atoms with Crippen LogP contribution in [0.3, 0.4) is 0 Å². The van der Waals surface area contributed by atoms with E-state index in [1.807, 2.05) is 38.1 Å². The molecule has 1 heterocycles. The van der Waals surface area contributed by atoms with Crippen LogP contribution in [-0.2, 0) is 6.54 Å². The minimum absolute atomic E-state index is 0.210. The van der Waals surface area contributed by atoms with Gasteiger partial charge in [-0.2, -0.15) is 5.26 Å². The van der Waals surface area contributed by atoms with Gasteiger partial charge >= 0.3 is 0 Å². The van der Waals surface area contributed by atoms with Gasteiger partial charge in [0.15, 0.2) is 0 Å². The Labute approximate surface area is 113 Å². The van der Waals surface area contributed by atoms with E-state index in [4.69, 9.17) is 9.78 Å². The topological polar surface area (TPSA) is 61.9 Å². The summed E-state index contributed by atoms with van der Waals surface area (Å²) < 4.78 is 5.14. The van der Waals surface area contributed by atoms with Gasteiger partial charge in [-0.1, -0.05) is 17.3 Å². The van der Waals surface area contributed by atoms with Gasteiger partial charge in [0.25, 0.3) is 0 Å². The van der Waals surface area contributed by atoms with Crippen LogP contribution >= 0.6 is 0 Å².